The minimum atomic E-state index is -4.85. The number of nitrogens with two attached hydrogens (primary N) is 3. The molecule has 53 heteroatoms. The first-order valence-corrected chi connectivity index (χ1v) is 55.3. The van der Waals surface area contributed by atoms with Gasteiger partial charge in [-0.05, 0) is 302 Å². The van der Waals surface area contributed by atoms with Crippen molar-refractivity contribution in [3.8, 4) is 16.9 Å². The first kappa shape index (κ1) is 116. The van der Waals surface area contributed by atoms with E-state index in [0.29, 0.717) is 54.8 Å². The van der Waals surface area contributed by atoms with Crippen LogP contribution in [0.15, 0.2) is 353 Å². The summed E-state index contributed by atoms with van der Waals surface area (Å²) in [5, 5.41) is 53.3. The molecule has 17 aromatic carbocycles. The maximum absolute atomic E-state index is 13.1. The molecule has 39 nitrogen and oxygen atoms in total. The Balaban J connectivity index is 0.000000189. The van der Waals surface area contributed by atoms with Gasteiger partial charge in [0.2, 0.25) is 0 Å². The van der Waals surface area contributed by atoms with Gasteiger partial charge in [-0.2, -0.15) is 13.7 Å². The number of phenolic OH excluding ortho intramolecular Hbond substituents is 2. The third-order valence-corrected chi connectivity index (χ3v) is 32.0. The summed E-state index contributed by atoms with van der Waals surface area (Å²) in [6.45, 7) is 0. The van der Waals surface area contributed by atoms with Crippen molar-refractivity contribution >= 4 is 272 Å². The molecule has 0 bridgehead atoms. The zero-order valence-corrected chi connectivity index (χ0v) is 91.1. The number of carbonyl (C=O) groups excluding carboxylic acids is 3. The largest absolute Gasteiger partial charge is 1.00 e. The van der Waals surface area contributed by atoms with Gasteiger partial charge >= 0.3 is 83.1 Å². The first-order valence-electron chi connectivity index (χ1n) is 41.7. The molecule has 0 aliphatic carbocycles. The molecule has 0 unspecified atom stereocenters. The van der Waals surface area contributed by atoms with Crippen LogP contribution < -0.4 is 111 Å². The van der Waals surface area contributed by atoms with Gasteiger partial charge in [0.25, 0.3) is 60.2 Å². The van der Waals surface area contributed by atoms with Crippen molar-refractivity contribution in [1.82, 2.24) is 0 Å². The average Bonchev–Trinajstić information content (AvgIpc) is 0.770. The number of nitrogens with zero attached hydrogens (tertiary/aromatic N) is 1. The summed E-state index contributed by atoms with van der Waals surface area (Å²) in [7, 11) is -31.8. The molecule has 0 aliphatic heterocycles. The molecule has 0 saturated heterocycles. The summed E-state index contributed by atoms with van der Waals surface area (Å²) in [4.78, 5) is 46.6. The van der Waals surface area contributed by atoms with Crippen molar-refractivity contribution in [2.45, 2.75) is 44.1 Å². The number of sulfonamides is 5. The number of carboxylic acids is 1. The summed E-state index contributed by atoms with van der Waals surface area (Å²) in [5.74, 6) is -3.31. The Hall–Kier alpha value is -13.8. The molecule has 762 valence electrons. The minimum Gasteiger partial charge on any atom is -0.744 e. The summed E-state index contributed by atoms with van der Waals surface area (Å²) >= 11 is 18.8. The molecule has 0 fully saturated rings. The topological polar surface area (TPSA) is 673 Å². The van der Waals surface area contributed by atoms with Crippen LogP contribution in [0.4, 0.5) is 61.7 Å². The Kier molecular flexibility index (Phi) is 37.3. The molecular formula is C97H74Cl3N11Na2O28S9. The van der Waals surface area contributed by atoms with Crippen LogP contribution in [0.1, 0.15) is 31.1 Å². The van der Waals surface area contributed by atoms with E-state index in [-0.39, 0.29) is 172 Å². The number of thioether (sulfide) groups is 1. The zero-order chi connectivity index (χ0) is 108. The number of nitrogens with one attached hydrogen (secondary N) is 7. The molecule has 0 radical (unpaired) electrons. The third-order valence-electron chi connectivity index (χ3n) is 21.1. The Morgan fingerprint density at radius 1 is 0.327 bits per heavy atom. The number of nitrogen functional groups attached to an aromatic ring is 3. The van der Waals surface area contributed by atoms with E-state index >= 15 is 0 Å². The van der Waals surface area contributed by atoms with Gasteiger partial charge in [-0.3, -0.25) is 28.2 Å². The van der Waals surface area contributed by atoms with Gasteiger partial charge in [0.15, 0.2) is 0 Å². The number of carbonyl (C=O) groups is 4. The van der Waals surface area contributed by atoms with Gasteiger partial charge in [-0.1, -0.05) is 95.5 Å². The van der Waals surface area contributed by atoms with Crippen LogP contribution >= 0.6 is 46.6 Å². The van der Waals surface area contributed by atoms with E-state index in [1.54, 1.807) is 91.0 Å². The number of amides is 2. The fourth-order valence-corrected chi connectivity index (χ4v) is 22.1. The maximum atomic E-state index is 13.1. The van der Waals surface area contributed by atoms with Crippen molar-refractivity contribution in [3.63, 3.8) is 0 Å². The smallest absolute Gasteiger partial charge is 0.744 e. The Labute approximate surface area is 920 Å². The van der Waals surface area contributed by atoms with Crippen LogP contribution in [0.5, 0.6) is 11.5 Å². The van der Waals surface area contributed by atoms with E-state index in [1.165, 1.54) is 178 Å². The normalized spacial score (nSPS) is 11.5. The molecular weight excluding hydrogens is 2210 g/mol. The zero-order valence-electron chi connectivity index (χ0n) is 77.5. The van der Waals surface area contributed by atoms with Crippen molar-refractivity contribution in [1.29, 1.82) is 5.26 Å². The van der Waals surface area contributed by atoms with Crippen LogP contribution in [-0.2, 0) is 89.9 Å². The quantitative estimate of drug-likeness (QED) is 0.00667. The monoisotopic (exact) mass is 2280 g/mol. The van der Waals surface area contributed by atoms with Crippen molar-refractivity contribution in [2.24, 2.45) is 0 Å². The van der Waals surface area contributed by atoms with Crippen LogP contribution in [0.25, 0.3) is 64.6 Å². The predicted octanol–water partition coefficient (Wildman–Crippen LogP) is 12.0. The number of carboxylic acid groups (broad SMARTS) is 1. The minimum absolute atomic E-state index is 0. The molecule has 0 aliphatic rings. The number of hydrogen-bond donors (Lipinski definition) is 14. The number of methoxy groups -OCH3 is 2. The fraction of sp³-hybridized carbons (Fsp3) is 0.0206. The second kappa shape index (κ2) is 48.0. The number of aromatic carboxylic acids is 1. The molecule has 17 rings (SSSR count). The second-order valence-electron chi connectivity index (χ2n) is 31.3. The van der Waals surface area contributed by atoms with Crippen molar-refractivity contribution < 1.29 is 184 Å². The molecule has 0 spiro atoms. The maximum Gasteiger partial charge on any atom is 1.00 e. The Bertz CT molecular complexity index is 9370. The summed E-state index contributed by atoms with van der Waals surface area (Å²) in [5.41, 5.74) is 18.9. The molecule has 150 heavy (non-hydrogen) atoms. The second-order valence-corrected chi connectivity index (χ2v) is 46.0. The number of esters is 2. The summed E-state index contributed by atoms with van der Waals surface area (Å²) < 4.78 is 247. The Morgan fingerprint density at radius 2 is 0.620 bits per heavy atom. The van der Waals surface area contributed by atoms with Crippen molar-refractivity contribution in [2.75, 3.05) is 65.7 Å². The molecule has 2 amide bonds. The number of thiocyanates is 1. The molecule has 0 aromatic heterocycles. The number of ether oxygens (including phenoxy) is 2. The molecule has 17 N–H and O–H groups in total. The van der Waals surface area contributed by atoms with Crippen LogP contribution in [0, 0.1) is 10.7 Å². The fourth-order valence-electron chi connectivity index (χ4n) is 14.1. The number of fused-ring (bicyclic) bond motifs is 6. The van der Waals surface area contributed by atoms with Gasteiger partial charge in [0, 0.05) is 73.3 Å². The summed E-state index contributed by atoms with van der Waals surface area (Å²) in [6, 6.07) is 72.4. The van der Waals surface area contributed by atoms with Gasteiger partial charge in [-0.15, -0.1) is 0 Å². The Morgan fingerprint density at radius 3 is 1.01 bits per heavy atom. The molecule has 0 saturated carbocycles. The number of phenols is 2. The number of urea groups is 1. The summed E-state index contributed by atoms with van der Waals surface area (Å²) in [6.07, 6.45) is 0. The number of halogens is 3. The van der Waals surface area contributed by atoms with Crippen molar-refractivity contribution in [3.05, 3.63) is 341 Å². The van der Waals surface area contributed by atoms with Gasteiger partial charge < -0.3 is 61.7 Å². The average molecular weight is 2280 g/mol. The van der Waals surface area contributed by atoms with Crippen LogP contribution in [0.2, 0.25) is 15.1 Å². The van der Waals surface area contributed by atoms with Gasteiger partial charge in [-0.25, -0.2) is 78.1 Å². The molecule has 0 heterocycles. The van der Waals surface area contributed by atoms with Gasteiger partial charge in [0.05, 0.1) is 96.5 Å². The van der Waals surface area contributed by atoms with E-state index < -0.39 is 125 Å². The van der Waals surface area contributed by atoms with E-state index in [4.69, 9.17) is 61.8 Å². The van der Waals surface area contributed by atoms with Crippen LogP contribution in [-0.4, -0.2) is 134 Å². The third kappa shape index (κ3) is 29.7. The standard InChI is InChI=1S/C34H25ClN4O11S3.C19H13ClN2O4S2.C18H15ClN2O4S.C16H14N2O6S2.C10H9NO3S.2Na/c35-31-11-8-25(17-30(31)33(41)42)39-51(44,45)26-9-5-19-4-6-22(12-20(19)14-26)36-34(43)37-23-7-10-29-21(13-23)15-28(18-32(29)40)52(46,47)38-24-2-1-3-27(16-24)53(48,49)50;1-26-19(23)17-10-14(4-7-18(17)20)22-28(24,25)16-6-3-12-2-5-15(27-11-21)8-13(12)9-16;1-25-18(22)16-10-14(5-7-17(16)19)21-26(23,24)15-6-3-11-2-4-13(20)8-12(11)9-15;17-11-4-5-15-10(6-11)7-14(9-16(15)19)25(20,21)18-12-2-1-3-13(8-12)26(22,23)24;11-9-3-1-7-2-4-10(15(12,13)14)6-8(7)5-9;;/h1-18,38-40H,(H,41,42)(H2,36,37,43)(H,48,49,50);2-10,22H,1H3;2-10,21H,20H2,1H3;1-9,18-19H,17H2,(H,22,23,24);1-6H,11H2,(H,12,13,14);;/q;;;;;2*+1/p-2. The van der Waals surface area contributed by atoms with E-state index in [1.807, 2.05) is 17.5 Å². The number of aromatic hydroxyl groups is 2. The van der Waals surface area contributed by atoms with Gasteiger partial charge in [0.1, 0.15) is 37.1 Å². The number of nitriles is 1. The van der Waals surface area contributed by atoms with E-state index in [2.05, 4.69) is 43.7 Å². The van der Waals surface area contributed by atoms with E-state index in [9.17, 15) is 111 Å². The predicted molar refractivity (Wildman–Crippen MR) is 561 cm³/mol. The van der Waals surface area contributed by atoms with Crippen LogP contribution in [0.3, 0.4) is 0 Å². The SMILES string of the molecule is COC(=O)c1cc(NS(=O)(=O)c2ccc3ccc(N)cc3c2)ccc1Cl.COC(=O)c1cc(NS(=O)(=O)c2ccc3ccc(SC#N)cc3c2)ccc1Cl.Nc1ccc2c(O)cc(S(=O)(=O)Nc3cccc(S(=O)(=O)[O-])c3)cc2c1.Nc1ccc2ccc(S(=O)(=O)O)cc2c1.O=C(Nc1ccc2ccc(S(=O)(=O)Nc3ccc(Cl)c(C(=O)O)c3)cc2c1)Nc1ccc2c(O)cc(S(=O)(=O)Nc3cccc(S(=O)(=O)[O-])c3)cc2c1.[Na+].[Na+]. The number of anilines is 10. The van der Waals surface area contributed by atoms with E-state index in [0.717, 1.165) is 75.3 Å². The first-order chi connectivity index (χ1) is 69.5. The molecule has 0 atom stereocenters. The number of hydrogen-bond acceptors (Lipinski definition) is 31. The molecule has 17 aromatic rings. The number of rotatable bonds is 24. The number of benzene rings is 17.